The van der Waals surface area contributed by atoms with Gasteiger partial charge >= 0.3 is 0 Å². The molecule has 0 nitrogen and oxygen atoms in total. The molecule has 0 aromatic heterocycles. The van der Waals surface area contributed by atoms with Gasteiger partial charge in [0.2, 0.25) is 0 Å². The second kappa shape index (κ2) is 10.3. The van der Waals surface area contributed by atoms with Crippen molar-refractivity contribution >= 4 is 43.1 Å². The van der Waals surface area contributed by atoms with Crippen LogP contribution in [-0.2, 0) is 10.8 Å². The number of hydrogen-bond acceptors (Lipinski definition) is 0. The summed E-state index contributed by atoms with van der Waals surface area (Å²) < 4.78 is 0. The second-order valence-corrected chi connectivity index (χ2v) is 16.1. The molecule has 246 valence electrons. The Morgan fingerprint density at radius 2 is 0.654 bits per heavy atom. The van der Waals surface area contributed by atoms with Crippen LogP contribution in [0, 0.1) is 0 Å². The fraction of sp³-hybridized carbons (Fsp3) is 0.115. The summed E-state index contributed by atoms with van der Waals surface area (Å²) >= 11 is 0. The molecule has 52 heavy (non-hydrogen) atoms. The predicted molar refractivity (Wildman–Crippen MR) is 222 cm³/mol. The van der Waals surface area contributed by atoms with Gasteiger partial charge in [-0.3, -0.25) is 0 Å². The van der Waals surface area contributed by atoms with Crippen molar-refractivity contribution in [1.29, 1.82) is 0 Å². The summed E-state index contributed by atoms with van der Waals surface area (Å²) in [5.41, 5.74) is 16.1. The van der Waals surface area contributed by atoms with Crippen molar-refractivity contribution in [3.8, 4) is 44.5 Å². The third kappa shape index (κ3) is 3.93. The summed E-state index contributed by atoms with van der Waals surface area (Å²) in [6.45, 7) is 9.75. The molecule has 0 atom stereocenters. The van der Waals surface area contributed by atoms with Crippen LogP contribution < -0.4 is 0 Å². The Kier molecular flexibility index (Phi) is 5.89. The molecule has 0 saturated carbocycles. The van der Waals surface area contributed by atoms with Gasteiger partial charge in [0.25, 0.3) is 0 Å². The molecule has 0 aliphatic heterocycles. The summed E-state index contributed by atoms with van der Waals surface area (Å²) in [5, 5.41) is 10.5. The summed E-state index contributed by atoms with van der Waals surface area (Å²) in [7, 11) is 0. The van der Waals surface area contributed by atoms with Gasteiger partial charge in [0, 0.05) is 10.8 Å². The van der Waals surface area contributed by atoms with Crippen LogP contribution in [0.3, 0.4) is 0 Å². The first kappa shape index (κ1) is 29.7. The number of fused-ring (bicyclic) bond motifs is 12. The van der Waals surface area contributed by atoms with E-state index in [4.69, 9.17) is 0 Å². The summed E-state index contributed by atoms with van der Waals surface area (Å²) in [6, 6.07) is 59.6. The maximum absolute atomic E-state index is 2.57. The number of rotatable bonds is 2. The van der Waals surface area contributed by atoms with E-state index >= 15 is 0 Å². The minimum Gasteiger partial charge on any atom is -0.0616 e. The molecule has 0 fully saturated rings. The van der Waals surface area contributed by atoms with E-state index in [0.717, 1.165) is 0 Å². The molecular formula is C52H38. The van der Waals surface area contributed by atoms with E-state index in [1.165, 1.54) is 110 Å². The van der Waals surface area contributed by atoms with Crippen LogP contribution in [0.15, 0.2) is 158 Å². The molecule has 9 aromatic carbocycles. The lowest BCUT2D eigenvalue weighted by Crippen LogP contribution is -2.17. The van der Waals surface area contributed by atoms with Crippen molar-refractivity contribution < 1.29 is 0 Å². The van der Waals surface area contributed by atoms with Gasteiger partial charge in [0.15, 0.2) is 0 Å². The van der Waals surface area contributed by atoms with Gasteiger partial charge < -0.3 is 0 Å². The van der Waals surface area contributed by atoms with E-state index in [-0.39, 0.29) is 10.8 Å². The Morgan fingerprint density at radius 1 is 0.288 bits per heavy atom. The minimum absolute atomic E-state index is 0.161. The lowest BCUT2D eigenvalue weighted by atomic mass is 9.77. The van der Waals surface area contributed by atoms with E-state index in [1.807, 2.05) is 0 Å². The van der Waals surface area contributed by atoms with E-state index in [9.17, 15) is 0 Å². The van der Waals surface area contributed by atoms with Crippen molar-refractivity contribution in [2.24, 2.45) is 0 Å². The fourth-order valence-corrected chi connectivity index (χ4v) is 10.1. The van der Waals surface area contributed by atoms with Gasteiger partial charge in [0.05, 0.1) is 0 Å². The van der Waals surface area contributed by atoms with Crippen molar-refractivity contribution in [3.63, 3.8) is 0 Å². The molecule has 9 aromatic rings. The van der Waals surface area contributed by atoms with E-state index in [2.05, 4.69) is 185 Å². The highest BCUT2D eigenvalue weighted by Crippen LogP contribution is 2.59. The Hall–Kier alpha value is -5.98. The minimum atomic E-state index is -0.161. The second-order valence-electron chi connectivity index (χ2n) is 16.1. The Bertz CT molecular complexity index is 2800. The molecule has 0 radical (unpaired) electrons. The SMILES string of the molecule is CC1(C)c2cc3c(cc2-c2cc(-c4ccc5ccccc5c4)c4ccccc4c21)C(C)(C)c1c-3cc(-c2ccc3ccccc3c2)c2ccccc12. The number of benzene rings is 9. The zero-order valence-corrected chi connectivity index (χ0v) is 30.0. The Labute approximate surface area is 305 Å². The fourth-order valence-electron chi connectivity index (χ4n) is 10.1. The summed E-state index contributed by atoms with van der Waals surface area (Å²) in [6.07, 6.45) is 0. The highest BCUT2D eigenvalue weighted by Gasteiger charge is 2.43. The lowest BCUT2D eigenvalue weighted by Gasteiger charge is -2.25. The molecule has 0 bridgehead atoms. The van der Waals surface area contributed by atoms with Crippen LogP contribution in [0.2, 0.25) is 0 Å². The zero-order valence-electron chi connectivity index (χ0n) is 30.0. The smallest absolute Gasteiger partial charge is 0.0165 e. The maximum Gasteiger partial charge on any atom is 0.0165 e. The monoisotopic (exact) mass is 662 g/mol. The topological polar surface area (TPSA) is 0 Å². The molecule has 0 unspecified atom stereocenters. The molecular weight excluding hydrogens is 625 g/mol. The molecule has 2 aliphatic rings. The third-order valence-electron chi connectivity index (χ3n) is 12.5. The summed E-state index contributed by atoms with van der Waals surface area (Å²) in [4.78, 5) is 0. The van der Waals surface area contributed by atoms with Crippen LogP contribution in [0.5, 0.6) is 0 Å². The summed E-state index contributed by atoms with van der Waals surface area (Å²) in [5.74, 6) is 0. The average Bonchev–Trinajstić information content (AvgIpc) is 3.54. The normalized spacial score (nSPS) is 14.8. The van der Waals surface area contributed by atoms with Gasteiger partial charge in [0.1, 0.15) is 0 Å². The standard InChI is InChI=1S/C52H38/c1-51(2)47-29-44-46-28-42(36-24-22-32-14-6-8-16-34(32)26-36)38-18-10-12-20-40(38)50(46)52(3,4)48(44)30-43(47)45-27-41(37-17-9-11-19-39(37)49(45)51)35-23-21-31-13-5-7-15-33(31)25-35/h5-30H,1-4H3. The van der Waals surface area contributed by atoms with Crippen molar-refractivity contribution in [3.05, 3.63) is 180 Å². The third-order valence-corrected chi connectivity index (χ3v) is 12.5. The molecule has 0 heterocycles. The van der Waals surface area contributed by atoms with E-state index in [0.29, 0.717) is 0 Å². The van der Waals surface area contributed by atoms with Gasteiger partial charge in [-0.2, -0.15) is 0 Å². The van der Waals surface area contributed by atoms with Crippen LogP contribution >= 0.6 is 0 Å². The number of hydrogen-bond donors (Lipinski definition) is 0. The van der Waals surface area contributed by atoms with Crippen molar-refractivity contribution in [2.75, 3.05) is 0 Å². The van der Waals surface area contributed by atoms with Gasteiger partial charge in [-0.15, -0.1) is 0 Å². The van der Waals surface area contributed by atoms with Crippen LogP contribution in [0.4, 0.5) is 0 Å². The van der Waals surface area contributed by atoms with Crippen molar-refractivity contribution in [2.45, 2.75) is 38.5 Å². The van der Waals surface area contributed by atoms with E-state index in [1.54, 1.807) is 0 Å². The quantitative estimate of drug-likeness (QED) is 0.173. The first-order valence-corrected chi connectivity index (χ1v) is 18.6. The lowest BCUT2D eigenvalue weighted by molar-refractivity contribution is 0.657. The van der Waals surface area contributed by atoms with Gasteiger partial charge in [-0.25, -0.2) is 0 Å². The van der Waals surface area contributed by atoms with Crippen molar-refractivity contribution in [1.82, 2.24) is 0 Å². The molecule has 0 heteroatoms. The van der Waals surface area contributed by atoms with Gasteiger partial charge in [-0.1, -0.05) is 149 Å². The van der Waals surface area contributed by atoms with Crippen LogP contribution in [0.25, 0.3) is 87.6 Å². The molecule has 2 aliphatic carbocycles. The maximum atomic E-state index is 2.57. The molecule has 11 rings (SSSR count). The highest BCUT2D eigenvalue weighted by molar-refractivity contribution is 6.10. The highest BCUT2D eigenvalue weighted by atomic mass is 14.5. The Morgan fingerprint density at radius 3 is 1.08 bits per heavy atom. The molecule has 0 saturated heterocycles. The first-order valence-electron chi connectivity index (χ1n) is 18.6. The Balaban J connectivity index is 1.17. The first-order chi connectivity index (χ1) is 25.3. The van der Waals surface area contributed by atoms with Gasteiger partial charge in [-0.05, 0) is 146 Å². The molecule has 0 spiro atoms. The zero-order chi connectivity index (χ0) is 34.9. The van der Waals surface area contributed by atoms with Crippen LogP contribution in [-0.4, -0.2) is 0 Å². The van der Waals surface area contributed by atoms with Crippen LogP contribution in [0.1, 0.15) is 49.9 Å². The predicted octanol–water partition coefficient (Wildman–Crippen LogP) is 14.2. The molecule has 0 N–H and O–H groups in total. The molecule has 0 amide bonds. The average molecular weight is 663 g/mol. The van der Waals surface area contributed by atoms with E-state index < -0.39 is 0 Å². The largest absolute Gasteiger partial charge is 0.0616 e.